The number of hydrogen-bond donors (Lipinski definition) is 1. The zero-order valence-corrected chi connectivity index (χ0v) is 14.2. The molecule has 1 aromatic heterocycles. The number of amides is 1. The van der Waals surface area contributed by atoms with E-state index in [0.717, 1.165) is 37.3 Å². The number of nitrogens with two attached hydrogens (primary N) is 1. The van der Waals surface area contributed by atoms with Crippen molar-refractivity contribution in [2.24, 2.45) is 11.7 Å². The van der Waals surface area contributed by atoms with Crippen LogP contribution in [0, 0.1) is 5.92 Å². The van der Waals surface area contributed by atoms with Gasteiger partial charge >= 0.3 is 0 Å². The highest BCUT2D eigenvalue weighted by atomic mass is 35.5. The first-order chi connectivity index (χ1) is 11.1. The van der Waals surface area contributed by atoms with E-state index in [1.54, 1.807) is 6.07 Å². The van der Waals surface area contributed by atoms with Gasteiger partial charge in [-0.05, 0) is 43.7 Å². The Morgan fingerprint density at radius 1 is 1.26 bits per heavy atom. The third kappa shape index (κ3) is 3.55. The Morgan fingerprint density at radius 2 is 2.09 bits per heavy atom. The van der Waals surface area contributed by atoms with Crippen LogP contribution in [0.5, 0.6) is 0 Å². The molecule has 1 fully saturated rings. The van der Waals surface area contributed by atoms with E-state index in [9.17, 15) is 4.79 Å². The summed E-state index contributed by atoms with van der Waals surface area (Å²) in [5.74, 6) is -0.259. The predicted octanol–water partition coefficient (Wildman–Crippen LogP) is 3.48. The van der Waals surface area contributed by atoms with E-state index in [-0.39, 0.29) is 11.8 Å². The number of piperidine rings is 1. The van der Waals surface area contributed by atoms with Gasteiger partial charge in [0.15, 0.2) is 0 Å². The molecule has 2 aromatic rings. The van der Waals surface area contributed by atoms with E-state index in [1.165, 1.54) is 0 Å². The molecule has 1 aliphatic heterocycles. The van der Waals surface area contributed by atoms with Gasteiger partial charge in [0, 0.05) is 25.0 Å². The third-order valence-corrected chi connectivity index (χ3v) is 5.13. The fourth-order valence-electron chi connectivity index (χ4n) is 3.12. The van der Waals surface area contributed by atoms with Crippen LogP contribution in [0.2, 0.25) is 10.0 Å². The number of benzene rings is 1. The summed E-state index contributed by atoms with van der Waals surface area (Å²) in [6, 6.07) is 9.66. The smallest absolute Gasteiger partial charge is 0.221 e. The van der Waals surface area contributed by atoms with Gasteiger partial charge in [-0.2, -0.15) is 0 Å². The van der Waals surface area contributed by atoms with E-state index < -0.39 is 0 Å². The quantitative estimate of drug-likeness (QED) is 0.916. The van der Waals surface area contributed by atoms with Crippen LogP contribution in [0.3, 0.4) is 0 Å². The zero-order valence-electron chi connectivity index (χ0n) is 12.7. The van der Waals surface area contributed by atoms with Gasteiger partial charge < -0.3 is 10.3 Å². The molecule has 0 spiro atoms. The number of primary amides is 1. The Bertz CT molecular complexity index is 714. The maximum absolute atomic E-state index is 11.4. The number of hydrogen-bond acceptors (Lipinski definition) is 2. The van der Waals surface area contributed by atoms with Gasteiger partial charge in [0.05, 0.1) is 21.7 Å². The van der Waals surface area contributed by atoms with Crippen LogP contribution in [-0.2, 0) is 11.3 Å². The lowest BCUT2D eigenvalue weighted by Crippen LogP contribution is -2.40. The second kappa shape index (κ2) is 6.95. The lowest BCUT2D eigenvalue weighted by Gasteiger charge is -2.31. The number of nitrogens with zero attached hydrogens (tertiary/aromatic N) is 2. The minimum Gasteiger partial charge on any atom is -0.369 e. The Morgan fingerprint density at radius 3 is 2.87 bits per heavy atom. The van der Waals surface area contributed by atoms with Gasteiger partial charge in [0.2, 0.25) is 5.91 Å². The second-order valence-corrected chi connectivity index (χ2v) is 6.70. The number of aromatic nitrogens is 1. The average molecular weight is 352 g/mol. The van der Waals surface area contributed by atoms with E-state index in [4.69, 9.17) is 28.9 Å². The molecular formula is C17H19Cl2N3O. The van der Waals surface area contributed by atoms with Crippen molar-refractivity contribution in [3.8, 4) is 5.69 Å². The van der Waals surface area contributed by atoms with E-state index in [0.29, 0.717) is 16.6 Å². The molecule has 0 radical (unpaired) electrons. The molecule has 23 heavy (non-hydrogen) atoms. The number of rotatable bonds is 4. The van der Waals surface area contributed by atoms with Crippen molar-refractivity contribution in [1.82, 2.24) is 9.47 Å². The first kappa shape index (κ1) is 16.4. The molecule has 0 aliphatic carbocycles. The number of likely N-dealkylation sites (tertiary alicyclic amines) is 1. The largest absolute Gasteiger partial charge is 0.369 e. The van der Waals surface area contributed by atoms with Crippen molar-refractivity contribution in [3.05, 3.63) is 52.3 Å². The summed E-state index contributed by atoms with van der Waals surface area (Å²) in [6.45, 7) is 2.43. The predicted molar refractivity (Wildman–Crippen MR) is 93.0 cm³/mol. The fourth-order valence-corrected chi connectivity index (χ4v) is 3.51. The highest BCUT2D eigenvalue weighted by Gasteiger charge is 2.24. The average Bonchev–Trinajstić information content (AvgIpc) is 2.98. The van der Waals surface area contributed by atoms with Gasteiger partial charge in [0.25, 0.3) is 0 Å². The SMILES string of the molecule is NC(=O)C1CCCN(Cc2cccn2-c2cccc(Cl)c2Cl)C1. The van der Waals surface area contributed by atoms with E-state index in [1.807, 2.05) is 29.0 Å². The molecule has 1 saturated heterocycles. The van der Waals surface area contributed by atoms with Crippen LogP contribution in [-0.4, -0.2) is 28.5 Å². The number of halogens is 2. The van der Waals surface area contributed by atoms with Crippen molar-refractivity contribution >= 4 is 29.1 Å². The van der Waals surface area contributed by atoms with Gasteiger partial charge in [-0.3, -0.25) is 9.69 Å². The Balaban J connectivity index is 1.81. The lowest BCUT2D eigenvalue weighted by molar-refractivity contribution is -0.123. The van der Waals surface area contributed by atoms with Gasteiger partial charge in [0.1, 0.15) is 0 Å². The summed E-state index contributed by atoms with van der Waals surface area (Å²) in [6.07, 6.45) is 3.85. The molecule has 1 unspecified atom stereocenters. The molecule has 6 heteroatoms. The van der Waals surface area contributed by atoms with E-state index in [2.05, 4.69) is 11.0 Å². The normalized spacial score (nSPS) is 19.0. The monoisotopic (exact) mass is 351 g/mol. The summed E-state index contributed by atoms with van der Waals surface area (Å²) in [5.41, 5.74) is 7.43. The summed E-state index contributed by atoms with van der Waals surface area (Å²) < 4.78 is 2.04. The molecule has 0 saturated carbocycles. The first-order valence-electron chi connectivity index (χ1n) is 7.68. The first-order valence-corrected chi connectivity index (χ1v) is 8.44. The summed E-state index contributed by atoms with van der Waals surface area (Å²) in [5, 5.41) is 1.08. The maximum atomic E-state index is 11.4. The summed E-state index contributed by atoms with van der Waals surface area (Å²) in [4.78, 5) is 13.7. The molecule has 2 N–H and O–H groups in total. The second-order valence-electron chi connectivity index (χ2n) is 5.92. The van der Waals surface area contributed by atoms with Crippen LogP contribution < -0.4 is 5.73 Å². The van der Waals surface area contributed by atoms with Crippen LogP contribution in [0.4, 0.5) is 0 Å². The van der Waals surface area contributed by atoms with Crippen molar-refractivity contribution < 1.29 is 4.79 Å². The third-order valence-electron chi connectivity index (χ3n) is 4.32. The highest BCUT2D eigenvalue weighted by Crippen LogP contribution is 2.30. The molecule has 1 aliphatic rings. The summed E-state index contributed by atoms with van der Waals surface area (Å²) >= 11 is 12.5. The van der Waals surface area contributed by atoms with Crippen molar-refractivity contribution in [2.45, 2.75) is 19.4 Å². The lowest BCUT2D eigenvalue weighted by atomic mass is 9.97. The molecule has 0 bridgehead atoms. The van der Waals surface area contributed by atoms with Crippen LogP contribution >= 0.6 is 23.2 Å². The molecule has 1 aromatic carbocycles. The number of carbonyl (C=O) groups is 1. The molecule has 1 amide bonds. The standard InChI is InChI=1S/C17H19Cl2N3O/c18-14-6-1-7-15(16(14)19)22-9-3-5-13(22)11-21-8-2-4-12(10-21)17(20)23/h1,3,5-7,9,12H,2,4,8,10-11H2,(H2,20,23). The van der Waals surface area contributed by atoms with Crippen LogP contribution in [0.25, 0.3) is 5.69 Å². The van der Waals surface area contributed by atoms with Crippen molar-refractivity contribution in [1.29, 1.82) is 0 Å². The van der Waals surface area contributed by atoms with Crippen molar-refractivity contribution in [3.63, 3.8) is 0 Å². The molecular weight excluding hydrogens is 333 g/mol. The van der Waals surface area contributed by atoms with E-state index >= 15 is 0 Å². The Labute approximate surface area is 145 Å². The van der Waals surface area contributed by atoms with Crippen LogP contribution in [0.15, 0.2) is 36.5 Å². The number of carbonyl (C=O) groups excluding carboxylic acids is 1. The topological polar surface area (TPSA) is 51.3 Å². The Hall–Kier alpha value is -1.49. The van der Waals surface area contributed by atoms with Crippen LogP contribution in [0.1, 0.15) is 18.5 Å². The van der Waals surface area contributed by atoms with Crippen molar-refractivity contribution in [2.75, 3.05) is 13.1 Å². The molecule has 2 heterocycles. The minimum absolute atomic E-state index is 0.0538. The van der Waals surface area contributed by atoms with Gasteiger partial charge in [-0.1, -0.05) is 29.3 Å². The highest BCUT2D eigenvalue weighted by molar-refractivity contribution is 6.43. The van der Waals surface area contributed by atoms with Gasteiger partial charge in [-0.25, -0.2) is 0 Å². The fraction of sp³-hybridized carbons (Fsp3) is 0.353. The maximum Gasteiger partial charge on any atom is 0.221 e. The summed E-state index contributed by atoms with van der Waals surface area (Å²) in [7, 11) is 0. The molecule has 3 rings (SSSR count). The zero-order chi connectivity index (χ0) is 16.4. The minimum atomic E-state index is -0.206. The molecule has 122 valence electrons. The Kier molecular flexibility index (Phi) is 4.95. The molecule has 4 nitrogen and oxygen atoms in total. The molecule has 1 atom stereocenters. The van der Waals surface area contributed by atoms with Gasteiger partial charge in [-0.15, -0.1) is 0 Å².